The van der Waals surface area contributed by atoms with E-state index < -0.39 is 10.8 Å². The fourth-order valence-electron chi connectivity index (χ4n) is 15.7. The average molecular weight is 1330 g/mol. The van der Waals surface area contributed by atoms with E-state index in [2.05, 4.69) is 266 Å². The van der Waals surface area contributed by atoms with Crippen molar-refractivity contribution in [1.29, 1.82) is 0 Å². The molecule has 0 aliphatic heterocycles. The highest BCUT2D eigenvalue weighted by Crippen LogP contribution is 2.58. The Bertz CT molecular complexity index is 4570. The van der Waals surface area contributed by atoms with Gasteiger partial charge in [-0.3, -0.25) is 0 Å². The van der Waals surface area contributed by atoms with Gasteiger partial charge in [0.1, 0.15) is 0 Å². The van der Waals surface area contributed by atoms with E-state index in [1.165, 1.54) is 88.7 Å². The highest BCUT2D eigenvalue weighted by molar-refractivity contribution is 6.11. The van der Waals surface area contributed by atoms with Crippen molar-refractivity contribution in [3.8, 4) is 72.4 Å². The Kier molecular flexibility index (Phi) is 21.1. The standard InChI is InChI=1S/C90H90N2O8/c1-63-26-32-76-78-35-30-72(61-85(78)89(83(76)54-63,38-42-97-50-46-93-3)39-43-98-51-47-94-4)91(73-31-36-79-77-33-27-64(2)55-84(77)90(86(79)62-73,40-44-99-52-48-95-5)41-45-100-53-49-96-6)71-29-34-75(81(60-71)67-22-14-9-15-23-67)68-28-37-88-82(59-68)80-24-16-17-25-87(80)92(88)74-57-69(65-18-10-7-11-19-65)56-70(58-74)66-20-12-8-13-21-66/h7-37,54-62H,38-53H2,1-6H3. The highest BCUT2D eigenvalue weighted by Gasteiger charge is 2.45. The summed E-state index contributed by atoms with van der Waals surface area (Å²) in [5, 5.41) is 2.37. The third kappa shape index (κ3) is 13.6. The van der Waals surface area contributed by atoms with Crippen molar-refractivity contribution in [2.75, 3.05) is 113 Å². The van der Waals surface area contributed by atoms with Crippen LogP contribution in [0.4, 0.5) is 17.1 Å². The summed E-state index contributed by atoms with van der Waals surface area (Å²) in [5.74, 6) is 0. The van der Waals surface area contributed by atoms with Crippen molar-refractivity contribution >= 4 is 38.9 Å². The van der Waals surface area contributed by atoms with Crippen LogP contribution in [-0.2, 0) is 48.7 Å². The third-order valence-electron chi connectivity index (χ3n) is 20.7. The van der Waals surface area contributed by atoms with Gasteiger partial charge in [-0.05, 0) is 201 Å². The summed E-state index contributed by atoms with van der Waals surface area (Å²) in [4.78, 5) is 2.51. The zero-order valence-electron chi connectivity index (χ0n) is 58.6. The van der Waals surface area contributed by atoms with Crippen LogP contribution in [0.2, 0.25) is 0 Å². The average Bonchev–Trinajstić information content (AvgIpc) is 1.56. The van der Waals surface area contributed by atoms with Crippen molar-refractivity contribution in [3.05, 3.63) is 276 Å². The molecule has 14 rings (SSSR count). The van der Waals surface area contributed by atoms with E-state index in [4.69, 9.17) is 37.9 Å². The van der Waals surface area contributed by atoms with Gasteiger partial charge in [-0.15, -0.1) is 0 Å². The molecule has 2 aliphatic carbocycles. The van der Waals surface area contributed by atoms with Crippen LogP contribution in [0.25, 0.3) is 94.3 Å². The largest absolute Gasteiger partial charge is 0.382 e. The van der Waals surface area contributed by atoms with Gasteiger partial charge in [-0.25, -0.2) is 0 Å². The van der Waals surface area contributed by atoms with Crippen molar-refractivity contribution in [2.45, 2.75) is 50.4 Å². The maximum atomic E-state index is 6.45. The minimum absolute atomic E-state index is 0.452. The predicted octanol–water partition coefficient (Wildman–Crippen LogP) is 20.3. The number of nitrogens with zero attached hydrogens (tertiary/aromatic N) is 2. The molecular weight excluding hydrogens is 1240 g/mol. The Hall–Kier alpha value is -9.30. The van der Waals surface area contributed by atoms with E-state index in [9.17, 15) is 0 Å². The number of ether oxygens (including phenoxy) is 8. The van der Waals surface area contributed by atoms with Gasteiger partial charge in [0.05, 0.1) is 63.9 Å². The Balaban J connectivity index is 0.964. The second-order valence-corrected chi connectivity index (χ2v) is 26.7. The SMILES string of the molecule is COCCOCCC1(CCOCCOC)c2cc(C)ccc2-c2ccc(N(c3ccc(-c4ccc5c(c4)c4ccccc4n5-c4cc(-c5ccccc5)cc(-c5ccccc5)c4)c(-c4ccccc4)c3)c3ccc4c(c3)C(CCOCCOC)(CCOCCOC)c3cc(C)ccc3-4)cc21. The molecule has 0 N–H and O–H groups in total. The lowest BCUT2D eigenvalue weighted by Crippen LogP contribution is -2.30. The zero-order chi connectivity index (χ0) is 68.4. The Labute approximate surface area is 589 Å². The number of anilines is 3. The molecule has 0 radical (unpaired) electrons. The van der Waals surface area contributed by atoms with Gasteiger partial charge < -0.3 is 47.4 Å². The molecule has 0 amide bonds. The zero-order valence-corrected chi connectivity index (χ0v) is 58.6. The van der Waals surface area contributed by atoms with Crippen LogP contribution in [0.15, 0.2) is 243 Å². The van der Waals surface area contributed by atoms with Crippen molar-refractivity contribution in [3.63, 3.8) is 0 Å². The summed E-state index contributed by atoms with van der Waals surface area (Å²) in [6, 6.07) is 90.8. The maximum absolute atomic E-state index is 6.45. The molecule has 0 saturated heterocycles. The first kappa shape index (κ1) is 67.9. The molecule has 0 spiro atoms. The van der Waals surface area contributed by atoms with Gasteiger partial charge in [0.2, 0.25) is 0 Å². The number of para-hydroxylation sites is 1. The number of methoxy groups -OCH3 is 4. The van der Waals surface area contributed by atoms with Gasteiger partial charge in [0, 0.05) is 99.2 Å². The lowest BCUT2D eigenvalue weighted by Gasteiger charge is -2.35. The minimum Gasteiger partial charge on any atom is -0.382 e. The fraction of sp³-hybridized carbons (Fsp3) is 0.267. The molecule has 100 heavy (non-hydrogen) atoms. The quantitative estimate of drug-likeness (QED) is 0.0383. The molecule has 10 nitrogen and oxygen atoms in total. The van der Waals surface area contributed by atoms with Crippen LogP contribution in [-0.4, -0.2) is 112 Å². The van der Waals surface area contributed by atoms with Crippen LogP contribution in [0.5, 0.6) is 0 Å². The van der Waals surface area contributed by atoms with Gasteiger partial charge in [0.25, 0.3) is 0 Å². The molecule has 0 bridgehead atoms. The molecule has 10 heteroatoms. The first-order valence-electron chi connectivity index (χ1n) is 35.3. The second-order valence-electron chi connectivity index (χ2n) is 26.7. The summed E-state index contributed by atoms with van der Waals surface area (Å²) < 4.78 is 50.2. The van der Waals surface area contributed by atoms with Crippen LogP contribution >= 0.6 is 0 Å². The Morgan fingerprint density at radius 1 is 0.280 bits per heavy atom. The monoisotopic (exact) mass is 1330 g/mol. The maximum Gasteiger partial charge on any atom is 0.0700 e. The third-order valence-corrected chi connectivity index (χ3v) is 20.7. The molecule has 1 aromatic heterocycles. The van der Waals surface area contributed by atoms with Crippen LogP contribution in [0, 0.1) is 13.8 Å². The molecule has 0 unspecified atom stereocenters. The number of hydrogen-bond acceptors (Lipinski definition) is 9. The van der Waals surface area contributed by atoms with E-state index in [-0.39, 0.29) is 0 Å². The fourth-order valence-corrected chi connectivity index (χ4v) is 15.7. The summed E-state index contributed by atoms with van der Waals surface area (Å²) in [6.45, 7) is 10.7. The lowest BCUT2D eigenvalue weighted by molar-refractivity contribution is 0.0490. The number of aromatic nitrogens is 1. The summed E-state index contributed by atoms with van der Waals surface area (Å²) in [5.41, 5.74) is 27.3. The van der Waals surface area contributed by atoms with E-state index in [1.807, 2.05) is 0 Å². The second kappa shape index (κ2) is 31.1. The van der Waals surface area contributed by atoms with Crippen molar-refractivity contribution in [2.24, 2.45) is 0 Å². The molecule has 1 heterocycles. The van der Waals surface area contributed by atoms with Gasteiger partial charge in [0.15, 0.2) is 0 Å². The number of hydrogen-bond donors (Lipinski definition) is 0. The van der Waals surface area contributed by atoms with Crippen molar-refractivity contribution in [1.82, 2.24) is 4.57 Å². The molecule has 12 aromatic rings. The number of benzene rings is 11. The van der Waals surface area contributed by atoms with Crippen LogP contribution < -0.4 is 4.90 Å². The van der Waals surface area contributed by atoms with E-state index in [0.717, 1.165) is 81.7 Å². The van der Waals surface area contributed by atoms with Crippen molar-refractivity contribution < 1.29 is 37.9 Å². The molecule has 0 saturated carbocycles. The number of rotatable bonds is 32. The predicted molar refractivity (Wildman–Crippen MR) is 408 cm³/mol. The highest BCUT2D eigenvalue weighted by atomic mass is 16.5. The van der Waals surface area contributed by atoms with Gasteiger partial charge >= 0.3 is 0 Å². The summed E-state index contributed by atoms with van der Waals surface area (Å²) in [6.07, 6.45) is 3.00. The minimum atomic E-state index is -0.452. The summed E-state index contributed by atoms with van der Waals surface area (Å²) in [7, 11) is 6.91. The molecule has 11 aromatic carbocycles. The van der Waals surface area contributed by atoms with Crippen LogP contribution in [0.1, 0.15) is 59.1 Å². The van der Waals surface area contributed by atoms with E-state index in [1.54, 1.807) is 28.4 Å². The molecule has 0 atom stereocenters. The molecular formula is C90H90N2O8. The smallest absolute Gasteiger partial charge is 0.0700 e. The Morgan fingerprint density at radius 3 is 1.13 bits per heavy atom. The van der Waals surface area contributed by atoms with Crippen LogP contribution in [0.3, 0.4) is 0 Å². The summed E-state index contributed by atoms with van der Waals surface area (Å²) >= 11 is 0. The number of fused-ring (bicyclic) bond motifs is 9. The lowest BCUT2D eigenvalue weighted by atomic mass is 9.72. The van der Waals surface area contributed by atoms with E-state index in [0.29, 0.717) is 79.3 Å². The molecule has 508 valence electrons. The Morgan fingerprint density at radius 2 is 0.670 bits per heavy atom. The first-order chi connectivity index (χ1) is 49.2. The number of aryl methyl sites for hydroxylation is 2. The molecule has 0 fully saturated rings. The first-order valence-corrected chi connectivity index (χ1v) is 35.3. The van der Waals surface area contributed by atoms with E-state index >= 15 is 0 Å². The normalized spacial score (nSPS) is 13.2. The van der Waals surface area contributed by atoms with Gasteiger partial charge in [-0.2, -0.15) is 0 Å². The molecule has 2 aliphatic rings. The topological polar surface area (TPSA) is 82.0 Å². The van der Waals surface area contributed by atoms with Gasteiger partial charge in [-0.1, -0.05) is 181 Å².